The van der Waals surface area contributed by atoms with Crippen molar-refractivity contribution in [1.29, 1.82) is 0 Å². The van der Waals surface area contributed by atoms with Gasteiger partial charge >= 0.3 is 0 Å². The molecule has 1 rings (SSSR count). The van der Waals surface area contributed by atoms with Gasteiger partial charge in [0.1, 0.15) is 6.04 Å². The minimum atomic E-state index is -0.991. The molecule has 0 radical (unpaired) electrons. The second-order valence-corrected chi connectivity index (χ2v) is 5.41. The van der Waals surface area contributed by atoms with Gasteiger partial charge < -0.3 is 21.7 Å². The van der Waals surface area contributed by atoms with E-state index in [4.69, 9.17) is 5.73 Å². The van der Waals surface area contributed by atoms with Crippen molar-refractivity contribution in [3.05, 3.63) is 35.4 Å². The molecule has 0 saturated heterocycles. The predicted octanol–water partition coefficient (Wildman–Crippen LogP) is 0.0650. The monoisotopic (exact) mass is 342 g/mol. The van der Waals surface area contributed by atoms with Crippen LogP contribution in [0.1, 0.15) is 18.9 Å². The highest BCUT2D eigenvalue weighted by Gasteiger charge is 2.23. The molecule has 0 saturated carbocycles. The third-order valence-electron chi connectivity index (χ3n) is 3.44. The number of carbonyl (C=O) groups excluding carboxylic acids is 2. The van der Waals surface area contributed by atoms with Crippen molar-refractivity contribution in [1.82, 2.24) is 16.0 Å². The van der Waals surface area contributed by atoms with Gasteiger partial charge in [-0.05, 0) is 51.1 Å². The minimum absolute atomic E-state index is 0.0389. The van der Waals surface area contributed by atoms with Crippen molar-refractivity contribution in [3.63, 3.8) is 0 Å². The molecule has 0 bridgehead atoms. The molecule has 0 aliphatic carbocycles. The van der Waals surface area contributed by atoms with Crippen LogP contribution in [0.25, 0.3) is 0 Å². The number of carbonyl (C=O) groups is 2. The van der Waals surface area contributed by atoms with Crippen molar-refractivity contribution in [2.45, 2.75) is 31.8 Å². The second kappa shape index (κ2) is 9.94. The van der Waals surface area contributed by atoms with E-state index >= 15 is 0 Å². The molecule has 5 N–H and O–H groups in total. The Morgan fingerprint density at radius 1 is 1.21 bits per heavy atom. The fraction of sp³-hybridized carbons (Fsp3) is 0.500. The van der Waals surface area contributed by atoms with Crippen LogP contribution in [0.15, 0.2) is 18.2 Å². The second-order valence-electron chi connectivity index (χ2n) is 5.41. The van der Waals surface area contributed by atoms with Gasteiger partial charge in [0.25, 0.3) is 0 Å². The van der Waals surface area contributed by atoms with Gasteiger partial charge in [0.15, 0.2) is 11.6 Å². The quantitative estimate of drug-likeness (QED) is 0.510. The highest BCUT2D eigenvalue weighted by Crippen LogP contribution is 2.10. The number of halogens is 2. The molecule has 2 amide bonds. The van der Waals surface area contributed by atoms with Crippen molar-refractivity contribution in [2.75, 3.05) is 20.1 Å². The summed E-state index contributed by atoms with van der Waals surface area (Å²) in [7, 11) is 1.74. The average Bonchev–Trinajstić information content (AvgIpc) is 2.54. The van der Waals surface area contributed by atoms with E-state index < -0.39 is 29.6 Å². The standard InChI is InChI=1S/C16H24F2N4O2/c1-3-21-16(24)14(6-7-20-2)22-15(23)13(19)9-10-4-5-11(17)12(18)8-10/h4-5,8,13-14,20H,3,6-7,9,19H2,1-2H3,(H,21,24)(H,22,23)/t13-,14-/m0/s1. The molecule has 1 aromatic rings. The number of rotatable bonds is 9. The molecule has 8 heteroatoms. The number of hydrogen-bond acceptors (Lipinski definition) is 4. The summed E-state index contributed by atoms with van der Waals surface area (Å²) in [4.78, 5) is 24.1. The zero-order valence-electron chi connectivity index (χ0n) is 13.9. The summed E-state index contributed by atoms with van der Waals surface area (Å²) in [6.07, 6.45) is 0.448. The van der Waals surface area contributed by atoms with Gasteiger partial charge in [0, 0.05) is 6.54 Å². The van der Waals surface area contributed by atoms with Gasteiger partial charge in [-0.2, -0.15) is 0 Å². The van der Waals surface area contributed by atoms with Gasteiger partial charge in [0.05, 0.1) is 6.04 Å². The predicted molar refractivity (Wildman–Crippen MR) is 87.2 cm³/mol. The molecule has 6 nitrogen and oxygen atoms in total. The van der Waals surface area contributed by atoms with Crippen LogP contribution >= 0.6 is 0 Å². The molecule has 24 heavy (non-hydrogen) atoms. The molecule has 0 aliphatic heterocycles. The molecule has 0 aromatic heterocycles. The van der Waals surface area contributed by atoms with Crippen LogP contribution < -0.4 is 21.7 Å². The molecule has 0 fully saturated rings. The zero-order valence-corrected chi connectivity index (χ0v) is 13.9. The lowest BCUT2D eigenvalue weighted by molar-refractivity contribution is -0.129. The van der Waals surface area contributed by atoms with Crippen LogP contribution in [0.5, 0.6) is 0 Å². The summed E-state index contributed by atoms with van der Waals surface area (Å²) in [5.41, 5.74) is 6.22. The summed E-state index contributed by atoms with van der Waals surface area (Å²) < 4.78 is 26.1. The van der Waals surface area contributed by atoms with Gasteiger partial charge in [-0.1, -0.05) is 6.07 Å². The third kappa shape index (κ3) is 6.21. The Labute approximate surface area is 140 Å². The maximum absolute atomic E-state index is 13.2. The first kappa shape index (κ1) is 20.0. The van der Waals surface area contributed by atoms with E-state index in [1.165, 1.54) is 6.07 Å². The first-order valence-corrected chi connectivity index (χ1v) is 7.81. The summed E-state index contributed by atoms with van der Waals surface area (Å²) in [5, 5.41) is 8.16. The topological polar surface area (TPSA) is 96.2 Å². The fourth-order valence-electron chi connectivity index (χ4n) is 2.15. The SMILES string of the molecule is CCNC(=O)[C@H](CCNC)NC(=O)[C@@H](N)Cc1ccc(F)c(F)c1. The molecule has 0 unspecified atom stereocenters. The van der Waals surface area contributed by atoms with Gasteiger partial charge in [-0.3, -0.25) is 9.59 Å². The van der Waals surface area contributed by atoms with E-state index in [1.807, 2.05) is 0 Å². The normalized spacial score (nSPS) is 13.2. The first-order valence-electron chi connectivity index (χ1n) is 7.81. The maximum Gasteiger partial charge on any atom is 0.242 e. The van der Waals surface area contributed by atoms with Crippen molar-refractivity contribution in [2.24, 2.45) is 5.73 Å². The first-order chi connectivity index (χ1) is 11.4. The molecule has 1 aromatic carbocycles. The maximum atomic E-state index is 13.2. The van der Waals surface area contributed by atoms with E-state index in [2.05, 4.69) is 16.0 Å². The highest BCUT2D eigenvalue weighted by molar-refractivity contribution is 5.89. The average molecular weight is 342 g/mol. The summed E-state index contributed by atoms with van der Waals surface area (Å²) in [6, 6.07) is 1.68. The number of benzene rings is 1. The Bertz CT molecular complexity index is 569. The van der Waals surface area contributed by atoms with Crippen LogP contribution in [0.4, 0.5) is 8.78 Å². The number of likely N-dealkylation sites (N-methyl/N-ethyl adjacent to an activating group) is 1. The van der Waals surface area contributed by atoms with Gasteiger partial charge in [-0.15, -0.1) is 0 Å². The van der Waals surface area contributed by atoms with Crippen molar-refractivity contribution in [3.8, 4) is 0 Å². The van der Waals surface area contributed by atoms with Crippen LogP contribution in [-0.2, 0) is 16.0 Å². The van der Waals surface area contributed by atoms with Crippen LogP contribution in [0.3, 0.4) is 0 Å². The smallest absolute Gasteiger partial charge is 0.242 e. The van der Waals surface area contributed by atoms with Gasteiger partial charge in [0.2, 0.25) is 11.8 Å². The summed E-state index contributed by atoms with van der Waals surface area (Å²) >= 11 is 0. The largest absolute Gasteiger partial charge is 0.355 e. The number of nitrogens with one attached hydrogen (secondary N) is 3. The van der Waals surface area contributed by atoms with Crippen LogP contribution in [0, 0.1) is 11.6 Å². The summed E-state index contributed by atoms with van der Waals surface area (Å²) in [6.45, 7) is 2.77. The Morgan fingerprint density at radius 2 is 1.92 bits per heavy atom. The van der Waals surface area contributed by atoms with Crippen molar-refractivity contribution >= 4 is 11.8 Å². The Balaban J connectivity index is 2.67. The highest BCUT2D eigenvalue weighted by atomic mass is 19.2. The lowest BCUT2D eigenvalue weighted by Crippen LogP contribution is -2.52. The lowest BCUT2D eigenvalue weighted by atomic mass is 10.0. The Kier molecular flexibility index (Phi) is 8.28. The van der Waals surface area contributed by atoms with Crippen LogP contribution in [0.2, 0.25) is 0 Å². The minimum Gasteiger partial charge on any atom is -0.355 e. The fourth-order valence-corrected chi connectivity index (χ4v) is 2.15. The number of nitrogens with two attached hydrogens (primary N) is 1. The molecular formula is C16H24F2N4O2. The molecule has 134 valence electrons. The Morgan fingerprint density at radius 3 is 2.50 bits per heavy atom. The lowest BCUT2D eigenvalue weighted by Gasteiger charge is -2.20. The van der Waals surface area contributed by atoms with Crippen molar-refractivity contribution < 1.29 is 18.4 Å². The molecule has 0 aliphatic rings. The van der Waals surface area contributed by atoms with E-state index in [0.717, 1.165) is 12.1 Å². The molecular weight excluding hydrogens is 318 g/mol. The molecule has 0 heterocycles. The van der Waals surface area contributed by atoms with E-state index in [9.17, 15) is 18.4 Å². The van der Waals surface area contributed by atoms with Crippen LogP contribution in [-0.4, -0.2) is 44.0 Å². The Hall–Kier alpha value is -2.06. The molecule has 2 atom stereocenters. The third-order valence-corrected chi connectivity index (χ3v) is 3.44. The number of hydrogen-bond donors (Lipinski definition) is 4. The number of amides is 2. The molecule has 0 spiro atoms. The van der Waals surface area contributed by atoms with E-state index in [1.54, 1.807) is 14.0 Å². The van der Waals surface area contributed by atoms with Gasteiger partial charge in [-0.25, -0.2) is 8.78 Å². The van der Waals surface area contributed by atoms with E-state index in [-0.39, 0.29) is 12.3 Å². The summed E-state index contributed by atoms with van der Waals surface area (Å²) in [5.74, 6) is -2.76. The zero-order chi connectivity index (χ0) is 18.1. The van der Waals surface area contributed by atoms with E-state index in [0.29, 0.717) is 25.1 Å².